The molecule has 0 amide bonds. The van der Waals surface area contributed by atoms with Crippen LogP contribution in [0.3, 0.4) is 0 Å². The summed E-state index contributed by atoms with van der Waals surface area (Å²) in [6, 6.07) is 5.45. The Morgan fingerprint density at radius 2 is 2.18 bits per heavy atom. The molecule has 1 heterocycles. The Morgan fingerprint density at radius 3 is 2.82 bits per heavy atom. The van der Waals surface area contributed by atoms with Crippen LogP contribution >= 0.6 is 23.5 Å². The average molecular weight is 277 g/mol. The Bertz CT molecular complexity index is 429. The zero-order chi connectivity index (χ0) is 12.3. The molecule has 92 valence electrons. The summed E-state index contributed by atoms with van der Waals surface area (Å²) in [5, 5.41) is 0. The maximum atomic E-state index is 12.5. The zero-order valence-corrected chi connectivity index (χ0v) is 10.5. The van der Waals surface area contributed by atoms with E-state index in [1.807, 2.05) is 0 Å². The van der Waals surface area contributed by atoms with Gasteiger partial charge in [-0.2, -0.15) is 13.2 Å². The first-order chi connectivity index (χ1) is 8.05. The lowest BCUT2D eigenvalue weighted by Gasteiger charge is -2.08. The predicted octanol–water partition coefficient (Wildman–Crippen LogP) is 4.04. The summed E-state index contributed by atoms with van der Waals surface area (Å²) in [5.41, 5.74) is 0.0941. The number of nitrogens with zero attached hydrogens (tertiary/aromatic N) is 1. The number of hydrogen-bond acceptors (Lipinski definition) is 3. The standard InChI is InChI=1S/C11H10F3NS2/c12-11(13,14)9-3-1-2-8(6-9)7-17-10-15-4-5-16-10/h1-3,6H,4-5,7H2. The highest BCUT2D eigenvalue weighted by Crippen LogP contribution is 2.31. The van der Waals surface area contributed by atoms with Crippen LogP contribution in [0, 0.1) is 0 Å². The number of alkyl halides is 3. The van der Waals surface area contributed by atoms with Gasteiger partial charge in [0.1, 0.15) is 4.38 Å². The molecule has 1 aromatic carbocycles. The van der Waals surface area contributed by atoms with Crippen molar-refractivity contribution in [2.24, 2.45) is 4.99 Å². The Morgan fingerprint density at radius 1 is 1.35 bits per heavy atom. The molecule has 1 aliphatic heterocycles. The van der Waals surface area contributed by atoms with Crippen LogP contribution in [-0.2, 0) is 11.9 Å². The largest absolute Gasteiger partial charge is 0.416 e. The number of rotatable bonds is 2. The minimum atomic E-state index is -4.26. The van der Waals surface area contributed by atoms with Gasteiger partial charge in [0.2, 0.25) is 0 Å². The first-order valence-electron chi connectivity index (χ1n) is 5.02. The van der Waals surface area contributed by atoms with E-state index in [1.165, 1.54) is 23.9 Å². The summed E-state index contributed by atoms with van der Waals surface area (Å²) in [5.74, 6) is 1.51. The fraction of sp³-hybridized carbons (Fsp3) is 0.364. The average Bonchev–Trinajstić information content (AvgIpc) is 2.78. The summed E-state index contributed by atoms with van der Waals surface area (Å²) in [6.07, 6.45) is -4.26. The van der Waals surface area contributed by atoms with Gasteiger partial charge in [-0.3, -0.25) is 4.99 Å². The van der Waals surface area contributed by atoms with E-state index in [4.69, 9.17) is 0 Å². The molecule has 17 heavy (non-hydrogen) atoms. The van der Waals surface area contributed by atoms with Crippen LogP contribution in [0.2, 0.25) is 0 Å². The van der Waals surface area contributed by atoms with Gasteiger partial charge in [0, 0.05) is 11.5 Å². The van der Waals surface area contributed by atoms with Crippen LogP contribution in [0.1, 0.15) is 11.1 Å². The number of thioether (sulfide) groups is 2. The third-order valence-electron chi connectivity index (χ3n) is 2.17. The summed E-state index contributed by atoms with van der Waals surface area (Å²) < 4.78 is 38.4. The molecule has 0 atom stereocenters. The van der Waals surface area contributed by atoms with E-state index in [0.29, 0.717) is 11.3 Å². The molecule has 6 heteroatoms. The molecule has 0 saturated heterocycles. The summed E-state index contributed by atoms with van der Waals surface area (Å²) >= 11 is 3.16. The second-order valence-electron chi connectivity index (χ2n) is 3.48. The van der Waals surface area contributed by atoms with Gasteiger partial charge in [-0.1, -0.05) is 41.7 Å². The molecule has 2 rings (SSSR count). The third-order valence-corrected chi connectivity index (χ3v) is 4.50. The highest BCUT2D eigenvalue weighted by atomic mass is 32.2. The first kappa shape index (κ1) is 12.8. The lowest BCUT2D eigenvalue weighted by atomic mass is 10.1. The minimum Gasteiger partial charge on any atom is -0.271 e. The molecule has 1 aromatic rings. The second-order valence-corrected chi connectivity index (χ2v) is 5.79. The molecule has 0 N–H and O–H groups in total. The summed E-state index contributed by atoms with van der Waals surface area (Å²) in [6.45, 7) is 0.815. The zero-order valence-electron chi connectivity index (χ0n) is 8.83. The van der Waals surface area contributed by atoms with Crippen LogP contribution in [-0.4, -0.2) is 16.7 Å². The van der Waals surface area contributed by atoms with Crippen LogP contribution in [0.4, 0.5) is 13.2 Å². The molecular formula is C11H10F3NS2. The normalized spacial score (nSPS) is 16.1. The Kier molecular flexibility index (Phi) is 4.04. The van der Waals surface area contributed by atoms with E-state index in [2.05, 4.69) is 4.99 Å². The molecule has 1 nitrogen and oxygen atoms in total. The van der Waals surface area contributed by atoms with Gasteiger partial charge >= 0.3 is 6.18 Å². The van der Waals surface area contributed by atoms with Gasteiger partial charge in [-0.25, -0.2) is 0 Å². The van der Waals surface area contributed by atoms with Gasteiger partial charge < -0.3 is 0 Å². The molecule has 0 unspecified atom stereocenters. The SMILES string of the molecule is FC(F)(F)c1cccc(CSC2=NCCS2)c1. The lowest BCUT2D eigenvalue weighted by Crippen LogP contribution is -2.05. The molecule has 0 radical (unpaired) electrons. The van der Waals surface area contributed by atoms with E-state index >= 15 is 0 Å². The topological polar surface area (TPSA) is 12.4 Å². The molecule has 0 saturated carbocycles. The summed E-state index contributed by atoms with van der Waals surface area (Å²) in [7, 11) is 0. The van der Waals surface area contributed by atoms with E-state index in [9.17, 15) is 13.2 Å². The lowest BCUT2D eigenvalue weighted by molar-refractivity contribution is -0.137. The molecule has 1 aliphatic rings. The van der Waals surface area contributed by atoms with E-state index in [0.717, 1.165) is 22.7 Å². The maximum absolute atomic E-state index is 12.5. The molecule has 0 aliphatic carbocycles. The maximum Gasteiger partial charge on any atom is 0.416 e. The second kappa shape index (κ2) is 5.35. The smallest absolute Gasteiger partial charge is 0.271 e. The van der Waals surface area contributed by atoms with Gasteiger partial charge in [0.05, 0.1) is 12.1 Å². The highest BCUT2D eigenvalue weighted by Gasteiger charge is 2.30. The fourth-order valence-corrected chi connectivity index (χ4v) is 3.34. The van der Waals surface area contributed by atoms with Crippen molar-refractivity contribution in [2.75, 3.05) is 12.3 Å². The molecule has 0 spiro atoms. The van der Waals surface area contributed by atoms with Crippen molar-refractivity contribution >= 4 is 27.9 Å². The monoisotopic (exact) mass is 277 g/mol. The van der Waals surface area contributed by atoms with Crippen molar-refractivity contribution in [3.05, 3.63) is 35.4 Å². The quantitative estimate of drug-likeness (QED) is 0.809. The van der Waals surface area contributed by atoms with Gasteiger partial charge in [0.25, 0.3) is 0 Å². The predicted molar refractivity (Wildman–Crippen MR) is 67.5 cm³/mol. The molecular weight excluding hydrogens is 267 g/mol. The van der Waals surface area contributed by atoms with Crippen LogP contribution < -0.4 is 0 Å². The van der Waals surface area contributed by atoms with Crippen molar-refractivity contribution < 1.29 is 13.2 Å². The van der Waals surface area contributed by atoms with Crippen LogP contribution in [0.15, 0.2) is 29.3 Å². The highest BCUT2D eigenvalue weighted by molar-refractivity contribution is 8.38. The van der Waals surface area contributed by atoms with E-state index < -0.39 is 11.7 Å². The Balaban J connectivity index is 2.01. The van der Waals surface area contributed by atoms with E-state index in [1.54, 1.807) is 17.8 Å². The fourth-order valence-electron chi connectivity index (χ4n) is 1.39. The third kappa shape index (κ3) is 3.67. The molecule has 0 bridgehead atoms. The van der Waals surface area contributed by atoms with Crippen LogP contribution in [0.25, 0.3) is 0 Å². The van der Waals surface area contributed by atoms with Crippen molar-refractivity contribution in [2.45, 2.75) is 11.9 Å². The van der Waals surface area contributed by atoms with Crippen molar-refractivity contribution in [3.63, 3.8) is 0 Å². The molecule has 0 fully saturated rings. The number of benzene rings is 1. The summed E-state index contributed by atoms with van der Waals surface area (Å²) in [4.78, 5) is 4.24. The van der Waals surface area contributed by atoms with Gasteiger partial charge in [-0.05, 0) is 11.6 Å². The van der Waals surface area contributed by atoms with Crippen molar-refractivity contribution in [1.29, 1.82) is 0 Å². The minimum absolute atomic E-state index is 0.537. The Hall–Kier alpha value is -0.620. The number of aliphatic imine (C=N–C) groups is 1. The number of hydrogen-bond donors (Lipinski definition) is 0. The van der Waals surface area contributed by atoms with Crippen molar-refractivity contribution in [1.82, 2.24) is 0 Å². The molecule has 0 aromatic heterocycles. The number of halogens is 3. The van der Waals surface area contributed by atoms with E-state index in [-0.39, 0.29) is 0 Å². The van der Waals surface area contributed by atoms with Gasteiger partial charge in [0.15, 0.2) is 0 Å². The van der Waals surface area contributed by atoms with Crippen LogP contribution in [0.5, 0.6) is 0 Å². The first-order valence-corrected chi connectivity index (χ1v) is 6.99. The van der Waals surface area contributed by atoms with Crippen molar-refractivity contribution in [3.8, 4) is 0 Å². The van der Waals surface area contributed by atoms with Gasteiger partial charge in [-0.15, -0.1) is 0 Å². The Labute approximate surface area is 106 Å².